The number of nitriles is 1. The van der Waals surface area contributed by atoms with E-state index in [-0.39, 0.29) is 12.0 Å². The van der Waals surface area contributed by atoms with E-state index >= 15 is 0 Å². The third-order valence-electron chi connectivity index (χ3n) is 3.47. The normalized spacial score (nSPS) is 17.2. The van der Waals surface area contributed by atoms with Gasteiger partial charge in [0.15, 0.2) is 0 Å². The monoisotopic (exact) mass is 288 g/mol. The van der Waals surface area contributed by atoms with Crippen LogP contribution in [0.15, 0.2) is 24.3 Å². The number of hydrogen-bond acceptors (Lipinski definition) is 4. The van der Waals surface area contributed by atoms with Crippen molar-refractivity contribution in [3.63, 3.8) is 0 Å². The highest BCUT2D eigenvalue weighted by Gasteiger charge is 2.16. The molecule has 0 N–H and O–H groups in total. The molecular weight excluding hydrogens is 268 g/mol. The first kappa shape index (κ1) is 15.3. The zero-order valence-corrected chi connectivity index (χ0v) is 12.2. The van der Waals surface area contributed by atoms with E-state index in [1.807, 2.05) is 6.07 Å². The Morgan fingerprint density at radius 1 is 1.48 bits per heavy atom. The number of benzene rings is 1. The number of carbonyl (C=O) groups is 1. The van der Waals surface area contributed by atoms with Crippen molar-refractivity contribution in [2.75, 3.05) is 26.8 Å². The number of amides is 1. The van der Waals surface area contributed by atoms with Gasteiger partial charge < -0.3 is 14.4 Å². The van der Waals surface area contributed by atoms with Crippen LogP contribution in [-0.2, 0) is 4.74 Å². The summed E-state index contributed by atoms with van der Waals surface area (Å²) in [6.45, 7) is 1.80. The molecule has 0 radical (unpaired) electrons. The van der Waals surface area contributed by atoms with Gasteiger partial charge in [-0.25, -0.2) is 0 Å². The van der Waals surface area contributed by atoms with Crippen molar-refractivity contribution in [1.29, 1.82) is 5.26 Å². The summed E-state index contributed by atoms with van der Waals surface area (Å²) in [5.41, 5.74) is 0.597. The zero-order chi connectivity index (χ0) is 15.1. The molecule has 1 saturated heterocycles. The molecule has 5 heteroatoms. The summed E-state index contributed by atoms with van der Waals surface area (Å²) < 4.78 is 11.2. The van der Waals surface area contributed by atoms with Gasteiger partial charge >= 0.3 is 0 Å². The van der Waals surface area contributed by atoms with E-state index in [1.165, 1.54) is 0 Å². The summed E-state index contributed by atoms with van der Waals surface area (Å²) in [4.78, 5) is 13.6. The van der Waals surface area contributed by atoms with Crippen LogP contribution in [0.5, 0.6) is 5.75 Å². The molecule has 1 heterocycles. The Hall–Kier alpha value is -2.06. The fourth-order valence-corrected chi connectivity index (χ4v) is 2.20. The maximum Gasteiger partial charge on any atom is 0.253 e. The van der Waals surface area contributed by atoms with E-state index in [2.05, 4.69) is 0 Å². The highest BCUT2D eigenvalue weighted by Crippen LogP contribution is 2.17. The van der Waals surface area contributed by atoms with Crippen LogP contribution < -0.4 is 4.74 Å². The van der Waals surface area contributed by atoms with Crippen LogP contribution >= 0.6 is 0 Å². The second-order valence-corrected chi connectivity index (χ2v) is 5.11. The van der Waals surface area contributed by atoms with Crippen LogP contribution in [-0.4, -0.2) is 43.7 Å². The van der Waals surface area contributed by atoms with Crippen LogP contribution in [0.3, 0.4) is 0 Å². The number of ether oxygens (including phenoxy) is 2. The van der Waals surface area contributed by atoms with Crippen molar-refractivity contribution in [1.82, 2.24) is 4.90 Å². The SMILES string of the molecule is CN(CCC#N)C(=O)c1ccc(OCC2CCCO2)cc1. The van der Waals surface area contributed by atoms with Gasteiger partial charge in [-0.1, -0.05) is 0 Å². The van der Waals surface area contributed by atoms with Crippen LogP contribution in [0.25, 0.3) is 0 Å². The Bertz CT molecular complexity index is 501. The van der Waals surface area contributed by atoms with Gasteiger partial charge in [0.2, 0.25) is 0 Å². The molecule has 21 heavy (non-hydrogen) atoms. The van der Waals surface area contributed by atoms with E-state index in [4.69, 9.17) is 14.7 Å². The van der Waals surface area contributed by atoms with Crippen molar-refractivity contribution < 1.29 is 14.3 Å². The van der Waals surface area contributed by atoms with E-state index < -0.39 is 0 Å². The first-order valence-electron chi connectivity index (χ1n) is 7.17. The van der Waals surface area contributed by atoms with Gasteiger partial charge in [-0.05, 0) is 37.1 Å². The maximum absolute atomic E-state index is 12.1. The molecule has 2 rings (SSSR count). The molecular formula is C16H20N2O3. The van der Waals surface area contributed by atoms with Gasteiger partial charge in [0.1, 0.15) is 12.4 Å². The van der Waals surface area contributed by atoms with E-state index in [1.54, 1.807) is 36.2 Å². The minimum atomic E-state index is -0.0871. The molecule has 0 bridgehead atoms. The van der Waals surface area contributed by atoms with Crippen molar-refractivity contribution in [3.05, 3.63) is 29.8 Å². The van der Waals surface area contributed by atoms with Crippen molar-refractivity contribution >= 4 is 5.91 Å². The topological polar surface area (TPSA) is 62.6 Å². The van der Waals surface area contributed by atoms with Gasteiger partial charge in [0.25, 0.3) is 5.91 Å². The average Bonchev–Trinajstić information content (AvgIpc) is 3.04. The van der Waals surface area contributed by atoms with Crippen LogP contribution in [0.2, 0.25) is 0 Å². The molecule has 1 aliphatic heterocycles. The van der Waals surface area contributed by atoms with Crippen molar-refractivity contribution in [2.45, 2.75) is 25.4 Å². The lowest BCUT2D eigenvalue weighted by atomic mass is 10.2. The zero-order valence-electron chi connectivity index (χ0n) is 12.2. The van der Waals surface area contributed by atoms with Gasteiger partial charge in [-0.15, -0.1) is 0 Å². The predicted octanol–water partition coefficient (Wildman–Crippen LogP) is 2.23. The molecule has 0 aliphatic carbocycles. The summed E-state index contributed by atoms with van der Waals surface area (Å²) in [5, 5.41) is 8.54. The lowest BCUT2D eigenvalue weighted by Gasteiger charge is -2.16. The van der Waals surface area contributed by atoms with Crippen LogP contribution in [0.4, 0.5) is 0 Å². The number of rotatable bonds is 6. The molecule has 0 aromatic heterocycles. The Kier molecular flexibility index (Phi) is 5.59. The predicted molar refractivity (Wildman–Crippen MR) is 78.1 cm³/mol. The molecule has 1 aromatic carbocycles. The lowest BCUT2D eigenvalue weighted by molar-refractivity contribution is 0.0679. The van der Waals surface area contributed by atoms with Crippen LogP contribution in [0, 0.1) is 11.3 Å². The summed E-state index contributed by atoms with van der Waals surface area (Å²) in [6, 6.07) is 9.11. The standard InChI is InChI=1S/C16H20N2O3/c1-18(10-3-9-17)16(19)13-5-7-14(8-6-13)21-12-15-4-2-11-20-15/h5-8,15H,2-4,10-12H2,1H3. The molecule has 112 valence electrons. The second kappa shape index (κ2) is 7.65. The van der Waals surface area contributed by atoms with Gasteiger partial charge in [-0.3, -0.25) is 4.79 Å². The molecule has 0 saturated carbocycles. The Labute approximate surface area is 125 Å². The molecule has 1 aromatic rings. The average molecular weight is 288 g/mol. The van der Waals surface area contributed by atoms with E-state index in [0.717, 1.165) is 25.2 Å². The van der Waals surface area contributed by atoms with Crippen molar-refractivity contribution in [3.8, 4) is 11.8 Å². The molecule has 1 atom stereocenters. The molecule has 1 unspecified atom stereocenters. The van der Waals surface area contributed by atoms with Gasteiger partial charge in [0.05, 0.1) is 18.6 Å². The van der Waals surface area contributed by atoms with Crippen molar-refractivity contribution in [2.24, 2.45) is 0 Å². The van der Waals surface area contributed by atoms with E-state index in [9.17, 15) is 4.79 Å². The fourth-order valence-electron chi connectivity index (χ4n) is 2.20. The highest BCUT2D eigenvalue weighted by atomic mass is 16.5. The van der Waals surface area contributed by atoms with Gasteiger partial charge in [-0.2, -0.15) is 5.26 Å². The lowest BCUT2D eigenvalue weighted by Crippen LogP contribution is -2.27. The Morgan fingerprint density at radius 3 is 2.86 bits per heavy atom. The first-order chi connectivity index (χ1) is 10.2. The Morgan fingerprint density at radius 2 is 2.24 bits per heavy atom. The summed E-state index contributed by atoms with van der Waals surface area (Å²) >= 11 is 0. The van der Waals surface area contributed by atoms with Crippen LogP contribution in [0.1, 0.15) is 29.6 Å². The second-order valence-electron chi connectivity index (χ2n) is 5.11. The summed E-state index contributed by atoms with van der Waals surface area (Å²) in [5.74, 6) is 0.651. The smallest absolute Gasteiger partial charge is 0.253 e. The molecule has 5 nitrogen and oxygen atoms in total. The highest BCUT2D eigenvalue weighted by molar-refractivity contribution is 5.94. The number of hydrogen-bond donors (Lipinski definition) is 0. The Balaban J connectivity index is 1.85. The molecule has 0 spiro atoms. The number of carbonyl (C=O) groups excluding carboxylic acids is 1. The molecule has 1 amide bonds. The number of nitrogens with zero attached hydrogens (tertiary/aromatic N) is 2. The largest absolute Gasteiger partial charge is 0.491 e. The molecule has 1 fully saturated rings. The fraction of sp³-hybridized carbons (Fsp3) is 0.500. The minimum Gasteiger partial charge on any atom is -0.491 e. The first-order valence-corrected chi connectivity index (χ1v) is 7.17. The molecule has 1 aliphatic rings. The van der Waals surface area contributed by atoms with Gasteiger partial charge in [0, 0.05) is 25.8 Å². The van der Waals surface area contributed by atoms with E-state index in [0.29, 0.717) is 25.1 Å². The minimum absolute atomic E-state index is 0.0871. The summed E-state index contributed by atoms with van der Waals surface area (Å²) in [7, 11) is 1.70. The third-order valence-corrected chi connectivity index (χ3v) is 3.47. The summed E-state index contributed by atoms with van der Waals surface area (Å²) in [6.07, 6.45) is 2.66. The maximum atomic E-state index is 12.1. The quantitative estimate of drug-likeness (QED) is 0.805. The third kappa shape index (κ3) is 4.47.